The molecular weight excluding hydrogens is 224 g/mol. The average Bonchev–Trinajstić information content (AvgIpc) is 2.35. The number of benzene rings is 1. The first-order valence-electron chi connectivity index (χ1n) is 5.18. The molecule has 5 heteroatoms. The van der Waals surface area contributed by atoms with E-state index in [1.54, 1.807) is 18.9 Å². The van der Waals surface area contributed by atoms with E-state index in [1.807, 2.05) is 18.2 Å². The van der Waals surface area contributed by atoms with Crippen LogP contribution in [0, 0.1) is 0 Å². The van der Waals surface area contributed by atoms with Crippen molar-refractivity contribution in [1.82, 2.24) is 5.43 Å². The zero-order valence-electron chi connectivity index (χ0n) is 9.18. The smallest absolute Gasteiger partial charge is 0.133 e. The van der Waals surface area contributed by atoms with Crippen LogP contribution < -0.4 is 16.0 Å². The van der Waals surface area contributed by atoms with Crippen LogP contribution in [0.1, 0.15) is 0 Å². The summed E-state index contributed by atoms with van der Waals surface area (Å²) in [7, 11) is 1.66. The molecule has 0 aromatic heterocycles. The third kappa shape index (κ3) is 2.49. The topological polar surface area (TPSA) is 56.5 Å². The Labute approximate surface area is 99.5 Å². The molecule has 1 aromatic carbocycles. The number of para-hydroxylation sites is 1. The van der Waals surface area contributed by atoms with Crippen LogP contribution in [-0.2, 0) is 4.74 Å². The lowest BCUT2D eigenvalue weighted by atomic mass is 10.2. The Kier molecular flexibility index (Phi) is 4.06. The highest BCUT2D eigenvalue weighted by atomic mass is 32.2. The average molecular weight is 240 g/mol. The van der Waals surface area contributed by atoms with Crippen LogP contribution in [0.15, 0.2) is 29.2 Å². The molecule has 0 aliphatic carbocycles. The lowest BCUT2D eigenvalue weighted by Crippen LogP contribution is -2.51. The van der Waals surface area contributed by atoms with Gasteiger partial charge < -0.3 is 9.47 Å². The summed E-state index contributed by atoms with van der Waals surface area (Å²) in [5.41, 5.74) is 2.74. The maximum atomic E-state index is 5.89. The Morgan fingerprint density at radius 1 is 1.62 bits per heavy atom. The molecule has 88 valence electrons. The highest BCUT2D eigenvalue weighted by molar-refractivity contribution is 7.99. The summed E-state index contributed by atoms with van der Waals surface area (Å²) in [5, 5.41) is 0. The van der Waals surface area contributed by atoms with Gasteiger partial charge >= 0.3 is 0 Å². The third-order valence-electron chi connectivity index (χ3n) is 2.54. The summed E-state index contributed by atoms with van der Waals surface area (Å²) in [4.78, 5) is 1.19. The minimum absolute atomic E-state index is 0.0193. The number of rotatable bonds is 4. The summed E-state index contributed by atoms with van der Waals surface area (Å²) in [6, 6.07) is 8.06. The molecule has 3 N–H and O–H groups in total. The van der Waals surface area contributed by atoms with E-state index in [1.165, 1.54) is 4.90 Å². The van der Waals surface area contributed by atoms with Crippen molar-refractivity contribution in [3.63, 3.8) is 0 Å². The van der Waals surface area contributed by atoms with Gasteiger partial charge in [-0.15, -0.1) is 11.8 Å². The zero-order valence-corrected chi connectivity index (χ0v) is 10.00. The van der Waals surface area contributed by atoms with Crippen LogP contribution in [0.25, 0.3) is 0 Å². The third-order valence-corrected chi connectivity index (χ3v) is 3.68. The first kappa shape index (κ1) is 11.7. The number of nitrogens with two attached hydrogens (primary N) is 1. The fraction of sp³-hybridized carbons (Fsp3) is 0.455. The molecule has 0 fully saturated rings. The maximum Gasteiger partial charge on any atom is 0.133 e. The van der Waals surface area contributed by atoms with Gasteiger partial charge in [-0.2, -0.15) is 0 Å². The highest BCUT2D eigenvalue weighted by Gasteiger charge is 2.27. The van der Waals surface area contributed by atoms with Crippen molar-refractivity contribution in [1.29, 1.82) is 0 Å². The fourth-order valence-electron chi connectivity index (χ4n) is 1.68. The Balaban J connectivity index is 2.06. The second-order valence-electron chi connectivity index (χ2n) is 3.64. The molecule has 1 aromatic rings. The molecule has 16 heavy (non-hydrogen) atoms. The first-order chi connectivity index (χ1) is 7.85. The Bertz CT molecular complexity index is 349. The van der Waals surface area contributed by atoms with Gasteiger partial charge in [0.25, 0.3) is 0 Å². The molecule has 1 heterocycles. The molecule has 4 nitrogen and oxygen atoms in total. The normalized spacial score (nSPS) is 21.0. The zero-order chi connectivity index (χ0) is 11.4. The molecule has 1 aliphatic heterocycles. The molecule has 1 aliphatic rings. The van der Waals surface area contributed by atoms with Crippen molar-refractivity contribution in [3.05, 3.63) is 24.3 Å². The number of fused-ring (bicyclic) bond motifs is 1. The largest absolute Gasteiger partial charge is 0.487 e. The summed E-state index contributed by atoms with van der Waals surface area (Å²) in [5.74, 6) is 7.31. The standard InChI is InChI=1S/C11H16N2O2S/c1-14-6-8(13-12)10-7-16-11-5-3-2-4-9(11)15-10/h2-5,8,10,13H,6-7,12H2,1H3. The van der Waals surface area contributed by atoms with Crippen molar-refractivity contribution in [3.8, 4) is 5.75 Å². The maximum absolute atomic E-state index is 5.89. The van der Waals surface area contributed by atoms with Crippen molar-refractivity contribution in [2.75, 3.05) is 19.5 Å². The van der Waals surface area contributed by atoms with Gasteiger partial charge in [0.2, 0.25) is 0 Å². The first-order valence-corrected chi connectivity index (χ1v) is 6.17. The number of ether oxygens (including phenoxy) is 2. The summed E-state index contributed by atoms with van der Waals surface area (Å²) >= 11 is 1.79. The van der Waals surface area contributed by atoms with Crippen LogP contribution in [0.3, 0.4) is 0 Å². The van der Waals surface area contributed by atoms with Gasteiger partial charge in [-0.05, 0) is 12.1 Å². The van der Waals surface area contributed by atoms with E-state index in [-0.39, 0.29) is 12.1 Å². The van der Waals surface area contributed by atoms with Crippen LogP contribution in [0.4, 0.5) is 0 Å². The summed E-state index contributed by atoms with van der Waals surface area (Å²) in [6.07, 6.45) is 0.0462. The van der Waals surface area contributed by atoms with Crippen LogP contribution in [0.2, 0.25) is 0 Å². The SMILES string of the molecule is COCC(NN)C1CSc2ccccc2O1. The molecule has 0 bridgehead atoms. The van der Waals surface area contributed by atoms with Crippen molar-refractivity contribution >= 4 is 11.8 Å². The molecule has 0 saturated carbocycles. The molecule has 2 unspecified atom stereocenters. The summed E-state index contributed by atoms with van der Waals surface area (Å²) in [6.45, 7) is 0.546. The van der Waals surface area contributed by atoms with Gasteiger partial charge in [-0.3, -0.25) is 11.3 Å². The highest BCUT2D eigenvalue weighted by Crippen LogP contribution is 2.35. The van der Waals surface area contributed by atoms with Crippen LogP contribution >= 0.6 is 11.8 Å². The lowest BCUT2D eigenvalue weighted by molar-refractivity contribution is 0.0935. The molecule has 0 spiro atoms. The molecule has 0 amide bonds. The van der Waals surface area contributed by atoms with Crippen molar-refractivity contribution in [2.24, 2.45) is 5.84 Å². The van der Waals surface area contributed by atoms with Gasteiger partial charge in [-0.25, -0.2) is 0 Å². The predicted octanol–water partition coefficient (Wildman–Crippen LogP) is 1.02. The van der Waals surface area contributed by atoms with Crippen molar-refractivity contribution in [2.45, 2.75) is 17.0 Å². The second-order valence-corrected chi connectivity index (χ2v) is 4.70. The Morgan fingerprint density at radius 3 is 3.19 bits per heavy atom. The second kappa shape index (κ2) is 5.54. The van der Waals surface area contributed by atoms with Crippen LogP contribution in [-0.4, -0.2) is 31.6 Å². The number of hydrogen-bond donors (Lipinski definition) is 2. The fourth-order valence-corrected chi connectivity index (χ4v) is 2.75. The minimum atomic E-state index is 0.0193. The van der Waals surface area contributed by atoms with E-state index in [2.05, 4.69) is 11.5 Å². The van der Waals surface area contributed by atoms with Gasteiger partial charge in [0, 0.05) is 17.8 Å². The number of hydrogen-bond acceptors (Lipinski definition) is 5. The number of hydrazine groups is 1. The molecular formula is C11H16N2O2S. The van der Waals surface area contributed by atoms with Gasteiger partial charge in [-0.1, -0.05) is 12.1 Å². The molecule has 2 rings (SSSR count). The van der Waals surface area contributed by atoms with E-state index >= 15 is 0 Å². The lowest BCUT2D eigenvalue weighted by Gasteiger charge is -2.30. The predicted molar refractivity (Wildman–Crippen MR) is 64.6 cm³/mol. The monoisotopic (exact) mass is 240 g/mol. The van der Waals surface area contributed by atoms with Gasteiger partial charge in [0.05, 0.1) is 12.6 Å². The number of methoxy groups -OCH3 is 1. The quantitative estimate of drug-likeness (QED) is 0.608. The number of thioether (sulfide) groups is 1. The van der Waals surface area contributed by atoms with Crippen LogP contribution in [0.5, 0.6) is 5.75 Å². The van der Waals surface area contributed by atoms with E-state index in [0.29, 0.717) is 6.61 Å². The Hall–Kier alpha value is -0.750. The number of nitrogens with one attached hydrogen (secondary N) is 1. The van der Waals surface area contributed by atoms with Crippen molar-refractivity contribution < 1.29 is 9.47 Å². The Morgan fingerprint density at radius 2 is 2.44 bits per heavy atom. The molecule has 2 atom stereocenters. The van der Waals surface area contributed by atoms with E-state index in [4.69, 9.17) is 15.3 Å². The molecule has 0 radical (unpaired) electrons. The van der Waals surface area contributed by atoms with Gasteiger partial charge in [0.1, 0.15) is 11.9 Å². The minimum Gasteiger partial charge on any atom is -0.487 e. The van der Waals surface area contributed by atoms with E-state index in [9.17, 15) is 0 Å². The molecule has 0 saturated heterocycles. The van der Waals surface area contributed by atoms with E-state index < -0.39 is 0 Å². The van der Waals surface area contributed by atoms with Gasteiger partial charge in [0.15, 0.2) is 0 Å². The summed E-state index contributed by atoms with van der Waals surface area (Å²) < 4.78 is 11.0. The van der Waals surface area contributed by atoms with E-state index in [0.717, 1.165) is 11.5 Å².